The van der Waals surface area contributed by atoms with Gasteiger partial charge in [-0.05, 0) is 52.9 Å². The van der Waals surface area contributed by atoms with Crippen molar-refractivity contribution >= 4 is 29.2 Å². The van der Waals surface area contributed by atoms with Crippen molar-refractivity contribution in [2.24, 2.45) is 0 Å². The first kappa shape index (κ1) is 20.1. The third kappa shape index (κ3) is 5.18. The van der Waals surface area contributed by atoms with Crippen LogP contribution in [0.5, 0.6) is 5.75 Å². The summed E-state index contributed by atoms with van der Waals surface area (Å²) in [5.41, 5.74) is 2.22. The molecule has 0 aliphatic rings. The molecule has 0 radical (unpaired) electrons. The van der Waals surface area contributed by atoms with Crippen molar-refractivity contribution in [1.82, 2.24) is 0 Å². The highest BCUT2D eigenvalue weighted by molar-refractivity contribution is 7.12. The monoisotopic (exact) mass is 403 g/mol. The lowest BCUT2D eigenvalue weighted by atomic mass is 10.1. The standard InChI is InChI=1S/C23H17NO4S/c1-27-23(26)18-8-4-17(5-9-18)15-28-20-10-6-16(7-11-20)13-19(14-24)22(25)21-3-2-12-29-21/h2-13H,15H2,1H3/b19-13+. The molecule has 0 saturated heterocycles. The van der Waals surface area contributed by atoms with E-state index in [1.54, 1.807) is 72.1 Å². The molecule has 2 aromatic carbocycles. The van der Waals surface area contributed by atoms with Gasteiger partial charge in [0.15, 0.2) is 0 Å². The SMILES string of the molecule is COC(=O)c1ccc(COc2ccc(/C=C(\C#N)C(=O)c3cccs3)cc2)cc1. The second-order valence-electron chi connectivity index (χ2n) is 6.02. The van der Waals surface area contributed by atoms with Gasteiger partial charge in [0.1, 0.15) is 24.0 Å². The van der Waals surface area contributed by atoms with Gasteiger partial charge in [0.25, 0.3) is 0 Å². The molecule has 1 heterocycles. The molecule has 144 valence electrons. The summed E-state index contributed by atoms with van der Waals surface area (Å²) in [7, 11) is 1.34. The number of hydrogen-bond donors (Lipinski definition) is 0. The largest absolute Gasteiger partial charge is 0.489 e. The molecule has 0 unspecified atom stereocenters. The minimum Gasteiger partial charge on any atom is -0.489 e. The second kappa shape index (κ2) is 9.49. The summed E-state index contributed by atoms with van der Waals surface area (Å²) in [6.07, 6.45) is 1.57. The number of carbonyl (C=O) groups excluding carboxylic acids is 2. The van der Waals surface area contributed by atoms with Crippen LogP contribution in [0.2, 0.25) is 0 Å². The number of ether oxygens (including phenoxy) is 2. The molecule has 0 amide bonds. The molecule has 3 aromatic rings. The number of carbonyl (C=O) groups is 2. The Morgan fingerprint density at radius 1 is 1.07 bits per heavy atom. The first-order valence-corrected chi connectivity index (χ1v) is 9.59. The van der Waals surface area contributed by atoms with Crippen LogP contribution in [0, 0.1) is 11.3 Å². The molecule has 1 aromatic heterocycles. The number of thiophene rings is 1. The number of rotatable bonds is 7. The van der Waals surface area contributed by atoms with Crippen molar-refractivity contribution in [1.29, 1.82) is 5.26 Å². The zero-order valence-corrected chi connectivity index (χ0v) is 16.4. The van der Waals surface area contributed by atoms with E-state index in [1.807, 2.05) is 6.07 Å². The highest BCUT2D eigenvalue weighted by atomic mass is 32.1. The average Bonchev–Trinajstić information content (AvgIpc) is 3.31. The molecule has 0 spiro atoms. The van der Waals surface area contributed by atoms with Gasteiger partial charge >= 0.3 is 5.97 Å². The molecule has 0 aliphatic heterocycles. The summed E-state index contributed by atoms with van der Waals surface area (Å²) < 4.78 is 10.4. The van der Waals surface area contributed by atoms with E-state index in [0.29, 0.717) is 22.8 Å². The number of Topliss-reactive ketones (excluding diaryl/α,β-unsaturated/α-hetero) is 1. The number of nitriles is 1. The maximum absolute atomic E-state index is 12.3. The fourth-order valence-electron chi connectivity index (χ4n) is 2.54. The van der Waals surface area contributed by atoms with Gasteiger partial charge in [0.2, 0.25) is 5.78 Å². The van der Waals surface area contributed by atoms with Gasteiger partial charge in [-0.3, -0.25) is 4.79 Å². The highest BCUT2D eigenvalue weighted by Crippen LogP contribution is 2.19. The summed E-state index contributed by atoms with van der Waals surface area (Å²) >= 11 is 1.31. The maximum atomic E-state index is 12.3. The number of methoxy groups -OCH3 is 1. The average molecular weight is 403 g/mol. The Kier molecular flexibility index (Phi) is 6.56. The summed E-state index contributed by atoms with van der Waals surface area (Å²) in [5, 5.41) is 11.1. The van der Waals surface area contributed by atoms with Crippen LogP contribution < -0.4 is 4.74 Å². The number of ketones is 1. The van der Waals surface area contributed by atoms with Crippen molar-refractivity contribution in [3.05, 3.63) is 93.2 Å². The van der Waals surface area contributed by atoms with Crippen LogP contribution >= 0.6 is 11.3 Å². The zero-order chi connectivity index (χ0) is 20.6. The first-order chi connectivity index (χ1) is 14.1. The number of esters is 1. The van der Waals surface area contributed by atoms with Gasteiger partial charge in [-0.2, -0.15) is 5.26 Å². The molecule has 0 saturated carbocycles. The van der Waals surface area contributed by atoms with Crippen molar-refractivity contribution in [3.63, 3.8) is 0 Å². The molecule has 0 atom stereocenters. The number of allylic oxidation sites excluding steroid dienone is 1. The van der Waals surface area contributed by atoms with E-state index in [9.17, 15) is 14.9 Å². The fourth-order valence-corrected chi connectivity index (χ4v) is 3.22. The first-order valence-electron chi connectivity index (χ1n) is 8.71. The Morgan fingerprint density at radius 3 is 2.38 bits per heavy atom. The van der Waals surface area contributed by atoms with E-state index in [1.165, 1.54) is 18.4 Å². The van der Waals surface area contributed by atoms with E-state index in [4.69, 9.17) is 4.74 Å². The Morgan fingerprint density at radius 2 is 1.79 bits per heavy atom. The van der Waals surface area contributed by atoms with Crippen LogP contribution in [-0.4, -0.2) is 18.9 Å². The maximum Gasteiger partial charge on any atom is 0.337 e. The van der Waals surface area contributed by atoms with Crippen molar-refractivity contribution in [3.8, 4) is 11.8 Å². The van der Waals surface area contributed by atoms with Crippen LogP contribution in [0.1, 0.15) is 31.2 Å². The molecule has 0 N–H and O–H groups in total. The van der Waals surface area contributed by atoms with E-state index < -0.39 is 0 Å². The van der Waals surface area contributed by atoms with Gasteiger partial charge in [-0.1, -0.05) is 30.3 Å². The molecule has 5 nitrogen and oxygen atoms in total. The normalized spacial score (nSPS) is 10.8. The van der Waals surface area contributed by atoms with Gasteiger partial charge in [-0.15, -0.1) is 11.3 Å². The van der Waals surface area contributed by atoms with Crippen molar-refractivity contribution in [2.75, 3.05) is 7.11 Å². The fraction of sp³-hybridized carbons (Fsp3) is 0.0870. The molecule has 0 bridgehead atoms. The van der Waals surface area contributed by atoms with Gasteiger partial charge in [-0.25, -0.2) is 4.79 Å². The van der Waals surface area contributed by atoms with Crippen LogP contribution in [-0.2, 0) is 11.3 Å². The molecular formula is C23H17NO4S. The van der Waals surface area contributed by atoms with Gasteiger partial charge in [0, 0.05) is 0 Å². The third-order valence-corrected chi connectivity index (χ3v) is 4.95. The summed E-state index contributed by atoms with van der Waals surface area (Å²) in [4.78, 5) is 24.3. The minimum atomic E-state index is -0.379. The molecule has 0 aliphatic carbocycles. The number of hydrogen-bond acceptors (Lipinski definition) is 6. The topological polar surface area (TPSA) is 76.4 Å². The van der Waals surface area contributed by atoms with Crippen LogP contribution in [0.3, 0.4) is 0 Å². The van der Waals surface area contributed by atoms with E-state index in [-0.39, 0.29) is 17.3 Å². The van der Waals surface area contributed by atoms with Crippen LogP contribution in [0.25, 0.3) is 6.08 Å². The van der Waals surface area contributed by atoms with Crippen molar-refractivity contribution < 1.29 is 19.1 Å². The second-order valence-corrected chi connectivity index (χ2v) is 6.97. The lowest BCUT2D eigenvalue weighted by Gasteiger charge is -2.07. The van der Waals surface area contributed by atoms with E-state index in [2.05, 4.69) is 4.74 Å². The van der Waals surface area contributed by atoms with E-state index in [0.717, 1.165) is 11.1 Å². The number of benzene rings is 2. The van der Waals surface area contributed by atoms with Gasteiger partial charge < -0.3 is 9.47 Å². The minimum absolute atomic E-state index is 0.0896. The summed E-state index contributed by atoms with van der Waals surface area (Å²) in [5.74, 6) is -0.00377. The zero-order valence-electron chi connectivity index (χ0n) is 15.6. The Balaban J connectivity index is 1.63. The lowest BCUT2D eigenvalue weighted by molar-refractivity contribution is 0.0600. The van der Waals surface area contributed by atoms with Gasteiger partial charge in [0.05, 0.1) is 17.6 Å². The van der Waals surface area contributed by atoms with Crippen LogP contribution in [0.15, 0.2) is 71.6 Å². The predicted molar refractivity (Wildman–Crippen MR) is 111 cm³/mol. The molecule has 3 rings (SSSR count). The summed E-state index contributed by atoms with van der Waals surface area (Å²) in [6.45, 7) is 0.344. The molecule has 29 heavy (non-hydrogen) atoms. The smallest absolute Gasteiger partial charge is 0.337 e. The number of nitrogens with zero attached hydrogens (tertiary/aromatic N) is 1. The Labute approximate surface area is 172 Å². The molecule has 0 fully saturated rings. The molecule has 6 heteroatoms. The van der Waals surface area contributed by atoms with Crippen molar-refractivity contribution in [2.45, 2.75) is 6.61 Å². The van der Waals surface area contributed by atoms with E-state index >= 15 is 0 Å². The Hall–Kier alpha value is -3.69. The summed E-state index contributed by atoms with van der Waals surface area (Å²) in [6, 6.07) is 19.6. The molecular weight excluding hydrogens is 386 g/mol. The lowest BCUT2D eigenvalue weighted by Crippen LogP contribution is -2.02. The predicted octanol–water partition coefficient (Wildman–Crippen LogP) is 4.90. The third-order valence-electron chi connectivity index (χ3n) is 4.08. The van der Waals surface area contributed by atoms with Crippen LogP contribution in [0.4, 0.5) is 0 Å². The Bertz CT molecular complexity index is 1060. The highest BCUT2D eigenvalue weighted by Gasteiger charge is 2.13. The quantitative estimate of drug-likeness (QED) is 0.243.